The Kier molecular flexibility index (Phi) is 7.53. The highest BCUT2D eigenvalue weighted by molar-refractivity contribution is 9.10. The van der Waals surface area contributed by atoms with Crippen molar-refractivity contribution < 1.29 is 4.79 Å². The third kappa shape index (κ3) is 4.74. The fraction of sp³-hybridized carbons (Fsp3) is 0.680. The molecule has 4 nitrogen and oxygen atoms in total. The molecule has 0 spiro atoms. The van der Waals surface area contributed by atoms with E-state index in [1.54, 1.807) is 6.92 Å². The Morgan fingerprint density at radius 3 is 2.28 bits per heavy atom. The average molecular weight is 541 g/mol. The molecule has 5 aliphatic rings. The molecular weight excluding hydrogens is 506 g/mol. The summed E-state index contributed by atoms with van der Waals surface area (Å²) in [4.78, 5) is 22.8. The van der Waals surface area contributed by atoms with E-state index in [0.717, 1.165) is 53.1 Å². The Morgan fingerprint density at radius 1 is 1.16 bits per heavy atom. The first kappa shape index (κ1) is 24.4. The first-order valence-corrected chi connectivity index (χ1v) is 13.8. The number of unbranched alkanes of at least 4 members (excludes halogenated alkanes) is 1. The molecule has 1 aromatic carbocycles. The van der Waals surface area contributed by atoms with Gasteiger partial charge >= 0.3 is 0 Å². The molecule has 176 valence electrons. The second-order valence-electron chi connectivity index (χ2n) is 10.2. The van der Waals surface area contributed by atoms with E-state index in [4.69, 9.17) is 4.99 Å². The number of nitrogens with zero attached hydrogens (tertiary/aromatic N) is 3. The van der Waals surface area contributed by atoms with Crippen LogP contribution < -0.4 is 4.90 Å². The van der Waals surface area contributed by atoms with Crippen molar-refractivity contribution in [2.24, 2.45) is 22.7 Å². The lowest BCUT2D eigenvalue weighted by molar-refractivity contribution is -0.117. The summed E-state index contributed by atoms with van der Waals surface area (Å²) in [6.07, 6.45) is 10.5. The van der Waals surface area contributed by atoms with Crippen molar-refractivity contribution >= 4 is 56.9 Å². The van der Waals surface area contributed by atoms with Gasteiger partial charge < -0.3 is 4.90 Å². The molecule has 4 bridgehead atoms. The minimum absolute atomic E-state index is 0. The first-order valence-electron chi connectivity index (χ1n) is 12.0. The Labute approximate surface area is 211 Å². The van der Waals surface area contributed by atoms with Crippen molar-refractivity contribution in [2.75, 3.05) is 17.2 Å². The molecule has 1 atom stereocenters. The highest BCUT2D eigenvalue weighted by Gasteiger charge is 2.52. The van der Waals surface area contributed by atoms with Crippen molar-refractivity contribution in [3.63, 3.8) is 0 Å². The number of carbonyl (C=O) groups excluding carboxylic acids is 1. The minimum atomic E-state index is 0. The van der Waals surface area contributed by atoms with Crippen molar-refractivity contribution in [3.05, 3.63) is 28.7 Å². The Balaban J connectivity index is 0.00000245. The molecule has 1 aromatic rings. The van der Waals surface area contributed by atoms with Crippen LogP contribution in [0.5, 0.6) is 0 Å². The van der Waals surface area contributed by atoms with Crippen LogP contribution in [-0.2, 0) is 4.79 Å². The highest BCUT2D eigenvalue weighted by atomic mass is 79.9. The topological polar surface area (TPSA) is 35.9 Å². The number of carbonyl (C=O) groups is 1. The van der Waals surface area contributed by atoms with Crippen LogP contribution in [-0.4, -0.2) is 40.0 Å². The maximum Gasteiger partial charge on any atom is 0.225 e. The number of halogens is 2. The van der Waals surface area contributed by atoms with Gasteiger partial charge in [-0.2, -0.15) is 0 Å². The standard InChI is InChI=1S/C25H34BrN3OS.ClH/c1-3-4-9-28-23(29(17(2)30)22-7-5-21(26)6-8-22)16-31-24(28)27-25-13-18-10-19(14-25)12-20(11-18)15-25;/h5-8,18-20,23H,3-4,9-16H2,1-2H3;1H. The zero-order chi connectivity index (χ0) is 21.6. The molecule has 1 amide bonds. The lowest BCUT2D eigenvalue weighted by Gasteiger charge is -2.55. The summed E-state index contributed by atoms with van der Waals surface area (Å²) in [6, 6.07) is 8.13. The van der Waals surface area contributed by atoms with Gasteiger partial charge in [-0.1, -0.05) is 41.0 Å². The molecule has 1 heterocycles. The maximum atomic E-state index is 12.8. The Morgan fingerprint density at radius 2 is 1.75 bits per heavy atom. The molecule has 6 rings (SSSR count). The average Bonchev–Trinajstić information content (AvgIpc) is 3.08. The van der Waals surface area contributed by atoms with E-state index in [0.29, 0.717) is 0 Å². The van der Waals surface area contributed by atoms with E-state index in [1.165, 1.54) is 43.7 Å². The van der Waals surface area contributed by atoms with E-state index in [9.17, 15) is 4.79 Å². The largest absolute Gasteiger partial charge is 0.330 e. The van der Waals surface area contributed by atoms with Crippen LogP contribution in [0.25, 0.3) is 0 Å². The van der Waals surface area contributed by atoms with Gasteiger partial charge in [0.25, 0.3) is 0 Å². The Hall–Kier alpha value is -0.720. The molecular formula is C25H35BrClN3OS. The van der Waals surface area contributed by atoms with Crippen molar-refractivity contribution in [1.29, 1.82) is 0 Å². The van der Waals surface area contributed by atoms with Crippen LogP contribution in [0, 0.1) is 17.8 Å². The first-order chi connectivity index (χ1) is 15.0. The lowest BCUT2D eigenvalue weighted by atomic mass is 9.53. The summed E-state index contributed by atoms with van der Waals surface area (Å²) in [5, 5.41) is 1.20. The summed E-state index contributed by atoms with van der Waals surface area (Å²) in [5.41, 5.74) is 1.15. The van der Waals surface area contributed by atoms with E-state index in [2.05, 4.69) is 27.8 Å². The third-order valence-electron chi connectivity index (χ3n) is 7.80. The van der Waals surface area contributed by atoms with Gasteiger partial charge in [-0.3, -0.25) is 14.7 Å². The molecule has 1 unspecified atom stereocenters. The SMILES string of the molecule is CCCCN1C(=NC23CC4CC(CC(C4)C2)C3)SCC1N(C(C)=O)c1ccc(Br)cc1.Cl. The molecule has 0 N–H and O–H groups in total. The van der Waals surface area contributed by atoms with E-state index in [1.807, 2.05) is 40.9 Å². The second-order valence-corrected chi connectivity index (χ2v) is 12.1. The van der Waals surface area contributed by atoms with Crippen LogP contribution in [0.1, 0.15) is 65.2 Å². The van der Waals surface area contributed by atoms with Crippen molar-refractivity contribution in [1.82, 2.24) is 4.90 Å². The monoisotopic (exact) mass is 539 g/mol. The molecule has 32 heavy (non-hydrogen) atoms. The number of hydrogen-bond acceptors (Lipinski definition) is 3. The van der Waals surface area contributed by atoms with Gasteiger partial charge in [0.2, 0.25) is 5.91 Å². The zero-order valence-electron chi connectivity index (χ0n) is 19.1. The third-order valence-corrected chi connectivity index (χ3v) is 9.38. The predicted molar refractivity (Wildman–Crippen MR) is 141 cm³/mol. The normalized spacial score (nSPS) is 34.1. The molecule has 4 aliphatic carbocycles. The van der Waals surface area contributed by atoms with Crippen LogP contribution in [0.15, 0.2) is 33.7 Å². The molecule has 0 aromatic heterocycles. The fourth-order valence-electron chi connectivity index (χ4n) is 6.90. The molecule has 1 aliphatic heterocycles. The van der Waals surface area contributed by atoms with E-state index in [-0.39, 0.29) is 30.0 Å². The van der Waals surface area contributed by atoms with Crippen LogP contribution >= 0.6 is 40.1 Å². The van der Waals surface area contributed by atoms with E-state index >= 15 is 0 Å². The number of amidine groups is 1. The second kappa shape index (κ2) is 9.87. The van der Waals surface area contributed by atoms with Crippen molar-refractivity contribution in [2.45, 2.75) is 76.9 Å². The number of amides is 1. The highest BCUT2D eigenvalue weighted by Crippen LogP contribution is 2.57. The number of hydrogen-bond donors (Lipinski definition) is 0. The van der Waals surface area contributed by atoms with Gasteiger partial charge in [0, 0.05) is 29.4 Å². The van der Waals surface area contributed by atoms with Crippen LogP contribution in [0.4, 0.5) is 5.69 Å². The van der Waals surface area contributed by atoms with Gasteiger partial charge in [-0.25, -0.2) is 0 Å². The smallest absolute Gasteiger partial charge is 0.225 e. The minimum Gasteiger partial charge on any atom is -0.330 e. The maximum absolute atomic E-state index is 12.8. The fourth-order valence-corrected chi connectivity index (χ4v) is 8.43. The molecule has 0 radical (unpaired) electrons. The predicted octanol–water partition coefficient (Wildman–Crippen LogP) is 6.72. The summed E-state index contributed by atoms with van der Waals surface area (Å²) < 4.78 is 1.03. The Bertz CT molecular complexity index is 826. The number of aliphatic imine (C=N–C) groups is 1. The molecule has 1 saturated heterocycles. The summed E-state index contributed by atoms with van der Waals surface area (Å²) in [5.74, 6) is 3.70. The van der Waals surface area contributed by atoms with Gasteiger partial charge in [0.15, 0.2) is 5.17 Å². The molecule has 7 heteroatoms. The molecule has 4 saturated carbocycles. The van der Waals surface area contributed by atoms with Gasteiger partial charge in [-0.15, -0.1) is 12.4 Å². The summed E-state index contributed by atoms with van der Waals surface area (Å²) >= 11 is 5.40. The van der Waals surface area contributed by atoms with Crippen molar-refractivity contribution in [3.8, 4) is 0 Å². The number of anilines is 1. The summed E-state index contributed by atoms with van der Waals surface area (Å²) in [7, 11) is 0. The lowest BCUT2D eigenvalue weighted by Crippen LogP contribution is -2.52. The van der Waals surface area contributed by atoms with Crippen LogP contribution in [0.3, 0.4) is 0 Å². The number of thioether (sulfide) groups is 1. The summed E-state index contributed by atoms with van der Waals surface area (Å²) in [6.45, 7) is 4.91. The quantitative estimate of drug-likeness (QED) is 0.402. The zero-order valence-corrected chi connectivity index (χ0v) is 22.4. The number of benzene rings is 1. The van der Waals surface area contributed by atoms with Gasteiger partial charge in [0.1, 0.15) is 6.17 Å². The number of rotatable bonds is 6. The van der Waals surface area contributed by atoms with Gasteiger partial charge in [-0.05, 0) is 87.0 Å². The van der Waals surface area contributed by atoms with Gasteiger partial charge in [0.05, 0.1) is 5.54 Å². The van der Waals surface area contributed by atoms with Crippen LogP contribution in [0.2, 0.25) is 0 Å². The molecule has 5 fully saturated rings. The van der Waals surface area contributed by atoms with E-state index < -0.39 is 0 Å².